The van der Waals surface area contributed by atoms with Crippen molar-refractivity contribution >= 4 is 18.0 Å². The Labute approximate surface area is 192 Å². The van der Waals surface area contributed by atoms with Crippen LogP contribution < -0.4 is 11.3 Å². The molecule has 2 fully saturated rings. The minimum absolute atomic E-state index is 0.000461. The quantitative estimate of drug-likeness (QED) is 0.406. The number of hydrogen-bond donors (Lipinski definition) is 4. The highest BCUT2D eigenvalue weighted by molar-refractivity contribution is 5.96. The van der Waals surface area contributed by atoms with Crippen molar-refractivity contribution in [1.29, 1.82) is 0 Å². The molecular formula is C25H31N3O5. The summed E-state index contributed by atoms with van der Waals surface area (Å²) in [5, 5.41) is 20.8. The Morgan fingerprint density at radius 2 is 2.12 bits per heavy atom. The Morgan fingerprint density at radius 1 is 1.36 bits per heavy atom. The largest absolute Gasteiger partial charge is 0.423 e. The maximum Gasteiger partial charge on any atom is 0.343 e. The van der Waals surface area contributed by atoms with Crippen molar-refractivity contribution < 1.29 is 19.7 Å². The van der Waals surface area contributed by atoms with E-state index in [0.29, 0.717) is 12.0 Å². The number of carbonyl (C=O) groups is 1. The van der Waals surface area contributed by atoms with Crippen LogP contribution in [0.5, 0.6) is 0 Å². The number of hydrogen-bond acceptors (Lipinski definition) is 7. The molecule has 1 aromatic rings. The predicted octanol–water partition coefficient (Wildman–Crippen LogP) is 2.47. The van der Waals surface area contributed by atoms with Gasteiger partial charge in [-0.05, 0) is 49.2 Å². The second-order valence-electron chi connectivity index (χ2n) is 9.90. The molecule has 5 atom stereocenters. The molecule has 0 spiro atoms. The van der Waals surface area contributed by atoms with Gasteiger partial charge < -0.3 is 20.7 Å². The van der Waals surface area contributed by atoms with E-state index in [4.69, 9.17) is 10.5 Å². The number of nitrogen functional groups attached to an aromatic ring is 1. The second kappa shape index (κ2) is 8.43. The number of cyclic esters (lactones) is 1. The van der Waals surface area contributed by atoms with E-state index in [1.54, 1.807) is 12.2 Å². The summed E-state index contributed by atoms with van der Waals surface area (Å²) >= 11 is 0. The number of H-pyrrole nitrogens is 1. The monoisotopic (exact) mass is 453 g/mol. The Kier molecular flexibility index (Phi) is 5.92. The summed E-state index contributed by atoms with van der Waals surface area (Å²) in [6.07, 6.45) is 10.7. The van der Waals surface area contributed by atoms with E-state index in [1.165, 1.54) is 12.3 Å². The van der Waals surface area contributed by atoms with Crippen LogP contribution in [-0.4, -0.2) is 38.9 Å². The summed E-state index contributed by atoms with van der Waals surface area (Å²) in [5.74, 6) is -0.113. The molecule has 33 heavy (non-hydrogen) atoms. The lowest BCUT2D eigenvalue weighted by molar-refractivity contribution is -0.145. The van der Waals surface area contributed by atoms with Gasteiger partial charge in [0.15, 0.2) is 5.95 Å². The SMILES string of the molecule is C=C1CCC2[C@](C)(CC[C@@H](O)[C@@]2(C)CO)C1/C=C/C1=CC(=C\c2cnc(N)[nH]c2=O)/OC1=O. The summed E-state index contributed by atoms with van der Waals surface area (Å²) in [7, 11) is 0. The first-order valence-electron chi connectivity index (χ1n) is 11.2. The van der Waals surface area contributed by atoms with Gasteiger partial charge in [-0.2, -0.15) is 0 Å². The van der Waals surface area contributed by atoms with Crippen molar-refractivity contribution in [2.24, 2.45) is 22.7 Å². The highest BCUT2D eigenvalue weighted by Crippen LogP contribution is 2.61. The summed E-state index contributed by atoms with van der Waals surface area (Å²) in [6.45, 7) is 8.40. The molecule has 8 nitrogen and oxygen atoms in total. The lowest BCUT2D eigenvalue weighted by atomic mass is 9.46. The number of rotatable bonds is 4. The minimum Gasteiger partial charge on any atom is -0.423 e. The first-order chi connectivity index (χ1) is 15.6. The van der Waals surface area contributed by atoms with Crippen molar-refractivity contribution in [1.82, 2.24) is 9.97 Å². The third kappa shape index (κ3) is 3.98. The fourth-order valence-corrected chi connectivity index (χ4v) is 5.96. The van der Waals surface area contributed by atoms with Gasteiger partial charge in [0.25, 0.3) is 5.56 Å². The molecule has 5 N–H and O–H groups in total. The number of aromatic nitrogens is 2. The van der Waals surface area contributed by atoms with Gasteiger partial charge in [-0.3, -0.25) is 9.78 Å². The van der Waals surface area contributed by atoms with Gasteiger partial charge in [-0.25, -0.2) is 9.78 Å². The van der Waals surface area contributed by atoms with Gasteiger partial charge in [0, 0.05) is 17.5 Å². The van der Waals surface area contributed by atoms with Crippen molar-refractivity contribution in [3.63, 3.8) is 0 Å². The molecule has 0 amide bonds. The number of nitrogens with two attached hydrogens (primary N) is 1. The van der Waals surface area contributed by atoms with Gasteiger partial charge >= 0.3 is 5.97 Å². The third-order valence-corrected chi connectivity index (χ3v) is 7.91. The van der Waals surface area contributed by atoms with Crippen LogP contribution in [0.25, 0.3) is 6.08 Å². The van der Waals surface area contributed by atoms with Gasteiger partial charge in [0.1, 0.15) is 5.76 Å². The summed E-state index contributed by atoms with van der Waals surface area (Å²) < 4.78 is 5.30. The fraction of sp³-hybridized carbons (Fsp3) is 0.480. The van der Waals surface area contributed by atoms with Crippen LogP contribution in [0.15, 0.2) is 52.7 Å². The van der Waals surface area contributed by atoms with Gasteiger partial charge in [-0.15, -0.1) is 0 Å². The fourth-order valence-electron chi connectivity index (χ4n) is 5.96. The van der Waals surface area contributed by atoms with Gasteiger partial charge in [-0.1, -0.05) is 38.2 Å². The first-order valence-corrected chi connectivity index (χ1v) is 11.2. The molecule has 8 heteroatoms. The van der Waals surface area contributed by atoms with Crippen LogP contribution in [0, 0.1) is 22.7 Å². The first kappa shape index (κ1) is 23.2. The minimum atomic E-state index is -0.568. The molecule has 1 aromatic heterocycles. The molecule has 176 valence electrons. The molecular weight excluding hydrogens is 422 g/mol. The second-order valence-corrected chi connectivity index (χ2v) is 9.90. The molecule has 2 unspecified atom stereocenters. The van der Waals surface area contributed by atoms with Crippen LogP contribution in [-0.2, 0) is 9.53 Å². The Hall–Kier alpha value is -2.97. The van der Waals surface area contributed by atoms with E-state index in [0.717, 1.165) is 24.8 Å². The number of aliphatic hydroxyl groups is 2. The molecule has 0 bridgehead atoms. The topological polar surface area (TPSA) is 139 Å². The van der Waals surface area contributed by atoms with E-state index in [1.807, 2.05) is 13.0 Å². The molecule has 0 saturated heterocycles. The highest BCUT2D eigenvalue weighted by atomic mass is 16.5. The molecule has 0 aromatic carbocycles. The lowest BCUT2D eigenvalue weighted by Crippen LogP contribution is -2.57. The van der Waals surface area contributed by atoms with Crippen LogP contribution in [0.2, 0.25) is 0 Å². The molecule has 2 aliphatic carbocycles. The molecule has 3 aliphatic rings. The van der Waals surface area contributed by atoms with E-state index in [-0.39, 0.29) is 41.1 Å². The molecule has 1 aliphatic heterocycles. The van der Waals surface area contributed by atoms with Crippen molar-refractivity contribution in [3.05, 3.63) is 63.8 Å². The van der Waals surface area contributed by atoms with Crippen molar-refractivity contribution in [3.8, 4) is 0 Å². The van der Waals surface area contributed by atoms with Gasteiger partial charge in [0.2, 0.25) is 0 Å². The average Bonchev–Trinajstić information content (AvgIpc) is 3.11. The van der Waals surface area contributed by atoms with E-state index in [2.05, 4.69) is 23.5 Å². The summed E-state index contributed by atoms with van der Waals surface area (Å²) in [5.41, 5.74) is 5.98. The number of carbonyl (C=O) groups excluding carboxylic acids is 1. The van der Waals surface area contributed by atoms with E-state index >= 15 is 0 Å². The molecule has 2 saturated carbocycles. The van der Waals surface area contributed by atoms with E-state index in [9.17, 15) is 19.8 Å². The Bertz CT molecular complexity index is 1130. The van der Waals surface area contributed by atoms with E-state index < -0.39 is 23.0 Å². The van der Waals surface area contributed by atoms with Crippen LogP contribution in [0.1, 0.15) is 45.1 Å². The van der Waals surface area contributed by atoms with Gasteiger partial charge in [0.05, 0.1) is 23.8 Å². The number of aromatic amines is 1. The summed E-state index contributed by atoms with van der Waals surface area (Å²) in [4.78, 5) is 30.7. The smallest absolute Gasteiger partial charge is 0.343 e. The number of nitrogens with one attached hydrogen (secondary N) is 1. The predicted molar refractivity (Wildman–Crippen MR) is 124 cm³/mol. The summed E-state index contributed by atoms with van der Waals surface area (Å²) in [6, 6.07) is 0. The Balaban J connectivity index is 1.61. The molecule has 0 radical (unpaired) electrons. The maximum absolute atomic E-state index is 12.4. The maximum atomic E-state index is 12.4. The zero-order valence-electron chi connectivity index (χ0n) is 19.0. The standard InChI is InChI=1S/C25H31N3O5/c1-14-4-7-19-24(2,9-8-20(30)25(19,3)13-29)18(14)6-5-15-10-17(33-22(15)32)11-16-12-27-23(26)28-21(16)31/h5-6,10-12,18-20,29-30H,1,4,7-9,13H2,2-3H3,(H3,26,27,28,31)/b6-5+,17-11+/t18?,19?,20-,24-,25+/m1/s1. The normalized spacial score (nSPS) is 35.6. The lowest BCUT2D eigenvalue weighted by Gasteiger charge is -2.59. The zero-order chi connectivity index (χ0) is 24.0. The number of fused-ring (bicyclic) bond motifs is 1. The van der Waals surface area contributed by atoms with Crippen LogP contribution >= 0.6 is 0 Å². The van der Waals surface area contributed by atoms with Crippen molar-refractivity contribution in [2.75, 3.05) is 12.3 Å². The molecule has 4 rings (SSSR count). The number of aliphatic hydroxyl groups excluding tert-OH is 2. The number of allylic oxidation sites excluding steroid dienone is 3. The third-order valence-electron chi connectivity index (χ3n) is 7.91. The Morgan fingerprint density at radius 3 is 2.82 bits per heavy atom. The number of ether oxygens (including phenoxy) is 1. The van der Waals surface area contributed by atoms with Crippen LogP contribution in [0.4, 0.5) is 5.95 Å². The number of esters is 1. The number of anilines is 1. The average molecular weight is 454 g/mol. The van der Waals surface area contributed by atoms with Crippen LogP contribution in [0.3, 0.4) is 0 Å². The van der Waals surface area contributed by atoms with Crippen molar-refractivity contribution in [2.45, 2.75) is 45.6 Å². The highest BCUT2D eigenvalue weighted by Gasteiger charge is 2.57. The molecule has 2 heterocycles. The zero-order valence-corrected chi connectivity index (χ0v) is 19.0. The number of nitrogens with zero attached hydrogens (tertiary/aromatic N) is 1.